The maximum atomic E-state index is 11.7. The molecule has 2 aromatic carbocycles. The van der Waals surface area contributed by atoms with E-state index in [0.717, 1.165) is 17.4 Å². The minimum absolute atomic E-state index is 0.0216. The summed E-state index contributed by atoms with van der Waals surface area (Å²) in [6.45, 7) is 1.78. The van der Waals surface area contributed by atoms with Gasteiger partial charge >= 0.3 is 0 Å². The Bertz CT molecular complexity index is 1170. The maximum Gasteiger partial charge on any atom is 0.220 e. The topological polar surface area (TPSA) is 106 Å². The Labute approximate surface area is 164 Å². The van der Waals surface area contributed by atoms with Crippen LogP contribution in [0.5, 0.6) is 0 Å². The summed E-state index contributed by atoms with van der Waals surface area (Å²) in [4.78, 5) is 8.74. The highest BCUT2D eigenvalue weighted by Crippen LogP contribution is 2.25. The summed E-state index contributed by atoms with van der Waals surface area (Å²) in [5.41, 5.74) is 9.90. The Morgan fingerprint density at radius 2 is 1.64 bits per heavy atom. The van der Waals surface area contributed by atoms with Gasteiger partial charge in [-0.05, 0) is 36.8 Å². The minimum atomic E-state index is -3.28. The molecule has 0 spiro atoms. The van der Waals surface area contributed by atoms with Gasteiger partial charge in [-0.2, -0.15) is 0 Å². The molecule has 0 radical (unpaired) electrons. The second kappa shape index (κ2) is 7.80. The van der Waals surface area contributed by atoms with Gasteiger partial charge < -0.3 is 10.8 Å². The van der Waals surface area contributed by atoms with Crippen molar-refractivity contribution in [1.29, 1.82) is 0 Å². The fraction of sp³-hybridized carbons (Fsp3) is 0.143. The molecule has 28 heavy (non-hydrogen) atoms. The molecule has 3 rings (SSSR count). The number of benzene rings is 2. The normalized spacial score (nSPS) is 11.0. The van der Waals surface area contributed by atoms with E-state index in [1.54, 1.807) is 31.2 Å². The van der Waals surface area contributed by atoms with Gasteiger partial charge in [-0.3, -0.25) is 0 Å². The highest BCUT2D eigenvalue weighted by Gasteiger charge is 2.13. The molecule has 0 fully saturated rings. The van der Waals surface area contributed by atoms with Crippen molar-refractivity contribution in [3.63, 3.8) is 0 Å². The van der Waals surface area contributed by atoms with E-state index in [-0.39, 0.29) is 17.5 Å². The Hall–Kier alpha value is -3.21. The zero-order chi connectivity index (χ0) is 20.3. The first-order valence-electron chi connectivity index (χ1n) is 8.44. The second-order valence-corrected chi connectivity index (χ2v) is 8.31. The molecule has 0 unspecified atom stereocenters. The van der Waals surface area contributed by atoms with Crippen LogP contribution in [0.2, 0.25) is 0 Å². The van der Waals surface area contributed by atoms with E-state index in [9.17, 15) is 8.42 Å². The Morgan fingerprint density at radius 3 is 2.21 bits per heavy atom. The van der Waals surface area contributed by atoms with Crippen LogP contribution in [0.1, 0.15) is 22.4 Å². The van der Waals surface area contributed by atoms with Crippen LogP contribution in [-0.4, -0.2) is 29.7 Å². The summed E-state index contributed by atoms with van der Waals surface area (Å²) >= 11 is 0. The van der Waals surface area contributed by atoms with Crippen LogP contribution in [0.15, 0.2) is 53.4 Å². The molecule has 1 aromatic heterocycles. The number of anilines is 1. The van der Waals surface area contributed by atoms with Crippen LogP contribution < -0.4 is 5.73 Å². The van der Waals surface area contributed by atoms with E-state index in [4.69, 9.17) is 10.8 Å². The second-order valence-electron chi connectivity index (χ2n) is 6.29. The average molecular weight is 393 g/mol. The molecule has 0 bridgehead atoms. The standard InChI is InChI=1S/C21H19N3O3S/c1-14-19(12-7-15-3-5-16(13-25)6-4-15)20(24-21(22)23-14)17-8-10-18(11-9-17)28(2,26)27/h3-6,8-11,25H,13H2,1-2H3,(H2,22,23,24). The van der Waals surface area contributed by atoms with Crippen molar-refractivity contribution in [2.45, 2.75) is 18.4 Å². The molecule has 7 heteroatoms. The third kappa shape index (κ3) is 4.36. The molecule has 1 heterocycles. The van der Waals surface area contributed by atoms with Crippen molar-refractivity contribution in [1.82, 2.24) is 9.97 Å². The Kier molecular flexibility index (Phi) is 5.45. The van der Waals surface area contributed by atoms with E-state index < -0.39 is 9.84 Å². The number of hydrogen-bond acceptors (Lipinski definition) is 6. The first kappa shape index (κ1) is 19.5. The molecule has 3 N–H and O–H groups in total. The fourth-order valence-electron chi connectivity index (χ4n) is 2.64. The number of aromatic nitrogens is 2. The van der Waals surface area contributed by atoms with Crippen molar-refractivity contribution in [2.75, 3.05) is 12.0 Å². The van der Waals surface area contributed by atoms with E-state index in [1.807, 2.05) is 12.1 Å². The molecule has 0 amide bonds. The smallest absolute Gasteiger partial charge is 0.220 e. The van der Waals surface area contributed by atoms with E-state index in [1.165, 1.54) is 12.1 Å². The summed E-state index contributed by atoms with van der Waals surface area (Å²) in [5.74, 6) is 6.29. The Morgan fingerprint density at radius 1 is 1.00 bits per heavy atom. The molecule has 0 aliphatic carbocycles. The minimum Gasteiger partial charge on any atom is -0.392 e. The zero-order valence-corrected chi connectivity index (χ0v) is 16.3. The third-order valence-corrected chi connectivity index (χ3v) is 5.26. The van der Waals surface area contributed by atoms with Crippen LogP contribution in [-0.2, 0) is 16.4 Å². The van der Waals surface area contributed by atoms with Gasteiger partial charge in [0.1, 0.15) is 0 Å². The lowest BCUT2D eigenvalue weighted by Gasteiger charge is -2.08. The number of nitrogens with zero attached hydrogens (tertiary/aromatic N) is 2. The van der Waals surface area contributed by atoms with Gasteiger partial charge in [-0.15, -0.1) is 0 Å². The van der Waals surface area contributed by atoms with Crippen LogP contribution in [0.4, 0.5) is 5.95 Å². The maximum absolute atomic E-state index is 11.7. The number of aliphatic hydroxyl groups excluding tert-OH is 1. The van der Waals surface area contributed by atoms with Gasteiger partial charge in [-0.1, -0.05) is 36.1 Å². The van der Waals surface area contributed by atoms with Crippen LogP contribution >= 0.6 is 0 Å². The molecular weight excluding hydrogens is 374 g/mol. The summed E-state index contributed by atoms with van der Waals surface area (Å²) < 4.78 is 23.4. The predicted molar refractivity (Wildman–Crippen MR) is 108 cm³/mol. The van der Waals surface area contributed by atoms with Gasteiger partial charge in [-0.25, -0.2) is 18.4 Å². The molecule has 0 saturated carbocycles. The van der Waals surface area contributed by atoms with E-state index >= 15 is 0 Å². The highest BCUT2D eigenvalue weighted by molar-refractivity contribution is 7.90. The van der Waals surface area contributed by atoms with Gasteiger partial charge in [0.2, 0.25) is 5.95 Å². The quantitative estimate of drug-likeness (QED) is 0.662. The number of aliphatic hydroxyl groups is 1. The van der Waals surface area contributed by atoms with Crippen LogP contribution in [0, 0.1) is 18.8 Å². The first-order valence-corrected chi connectivity index (χ1v) is 10.3. The lowest BCUT2D eigenvalue weighted by Crippen LogP contribution is -2.03. The van der Waals surface area contributed by atoms with Crippen molar-refractivity contribution in [2.24, 2.45) is 0 Å². The largest absolute Gasteiger partial charge is 0.392 e. The van der Waals surface area contributed by atoms with Crippen molar-refractivity contribution >= 4 is 15.8 Å². The highest BCUT2D eigenvalue weighted by atomic mass is 32.2. The number of aryl methyl sites for hydroxylation is 1. The van der Waals surface area contributed by atoms with Gasteiger partial charge in [0, 0.05) is 17.4 Å². The summed E-state index contributed by atoms with van der Waals surface area (Å²) in [6.07, 6.45) is 1.16. The molecule has 0 saturated heterocycles. The van der Waals surface area contributed by atoms with Crippen LogP contribution in [0.25, 0.3) is 11.3 Å². The van der Waals surface area contributed by atoms with Crippen molar-refractivity contribution in [3.8, 4) is 23.1 Å². The van der Waals surface area contributed by atoms with E-state index in [2.05, 4.69) is 21.8 Å². The number of nitrogens with two attached hydrogens (primary N) is 1. The number of sulfone groups is 1. The lowest BCUT2D eigenvalue weighted by atomic mass is 10.0. The van der Waals surface area contributed by atoms with Gasteiger partial charge in [0.05, 0.1) is 28.5 Å². The summed E-state index contributed by atoms with van der Waals surface area (Å²) in [5, 5.41) is 9.13. The van der Waals surface area contributed by atoms with Gasteiger partial charge in [0.25, 0.3) is 0 Å². The van der Waals surface area contributed by atoms with Gasteiger partial charge in [0.15, 0.2) is 9.84 Å². The zero-order valence-electron chi connectivity index (χ0n) is 15.5. The molecule has 6 nitrogen and oxygen atoms in total. The fourth-order valence-corrected chi connectivity index (χ4v) is 3.27. The van der Waals surface area contributed by atoms with Crippen LogP contribution in [0.3, 0.4) is 0 Å². The number of nitrogen functional groups attached to an aromatic ring is 1. The summed E-state index contributed by atoms with van der Waals surface area (Å²) in [6, 6.07) is 13.7. The molecule has 3 aromatic rings. The number of hydrogen-bond donors (Lipinski definition) is 2. The summed E-state index contributed by atoms with van der Waals surface area (Å²) in [7, 11) is -3.28. The predicted octanol–water partition coefficient (Wildman–Crippen LogP) is 2.33. The van der Waals surface area contributed by atoms with Crippen molar-refractivity contribution < 1.29 is 13.5 Å². The molecule has 0 aliphatic heterocycles. The molecular formula is C21H19N3O3S. The average Bonchev–Trinajstić information content (AvgIpc) is 2.66. The Balaban J connectivity index is 2.07. The molecule has 142 valence electrons. The van der Waals surface area contributed by atoms with Crippen molar-refractivity contribution in [3.05, 3.63) is 70.9 Å². The lowest BCUT2D eigenvalue weighted by molar-refractivity contribution is 0.282. The SMILES string of the molecule is Cc1nc(N)nc(-c2ccc(S(C)(=O)=O)cc2)c1C#Cc1ccc(CO)cc1. The van der Waals surface area contributed by atoms with E-state index in [0.29, 0.717) is 22.5 Å². The molecule has 0 atom stereocenters. The monoisotopic (exact) mass is 393 g/mol. The first-order chi connectivity index (χ1) is 13.3. The third-order valence-electron chi connectivity index (χ3n) is 4.13. The number of rotatable bonds is 3. The molecule has 0 aliphatic rings.